The molecule has 1 fully saturated rings. The van der Waals surface area contributed by atoms with Crippen LogP contribution < -0.4 is 5.32 Å². The zero-order valence-electron chi connectivity index (χ0n) is 15.8. The predicted molar refractivity (Wildman–Crippen MR) is 96.2 cm³/mol. The SMILES string of the molecule is CCOC1CC(NC(=O)CC(C)Cc2cccc(F)c2)(C(=O)O)C1(C)C. The highest BCUT2D eigenvalue weighted by Crippen LogP contribution is 2.51. The molecule has 6 heteroatoms. The maximum absolute atomic E-state index is 13.3. The third-order valence-electron chi connectivity index (χ3n) is 5.49. The summed E-state index contributed by atoms with van der Waals surface area (Å²) in [4.78, 5) is 24.4. The highest BCUT2D eigenvalue weighted by atomic mass is 19.1. The standard InChI is InChI=1S/C20H28FNO4/c1-5-26-16-12-20(18(24)25,19(16,3)4)22-17(23)10-13(2)9-14-7-6-8-15(21)11-14/h6-8,11,13,16H,5,9-10,12H2,1-4H3,(H,22,23)(H,24,25). The van der Waals surface area contributed by atoms with Gasteiger partial charge in [-0.1, -0.05) is 32.9 Å². The average Bonchev–Trinajstić information content (AvgIpc) is 2.53. The van der Waals surface area contributed by atoms with Crippen molar-refractivity contribution in [2.24, 2.45) is 11.3 Å². The summed E-state index contributed by atoms with van der Waals surface area (Å²) in [7, 11) is 0. The Bertz CT molecular complexity index is 676. The minimum atomic E-state index is -1.32. The maximum atomic E-state index is 13.3. The molecule has 26 heavy (non-hydrogen) atoms. The molecule has 0 heterocycles. The van der Waals surface area contributed by atoms with Gasteiger partial charge in [-0.2, -0.15) is 0 Å². The van der Waals surface area contributed by atoms with Crippen LogP contribution in [0.15, 0.2) is 24.3 Å². The summed E-state index contributed by atoms with van der Waals surface area (Å²) in [5, 5.41) is 12.5. The summed E-state index contributed by atoms with van der Waals surface area (Å²) in [6, 6.07) is 6.29. The Morgan fingerprint density at radius 1 is 1.42 bits per heavy atom. The first-order valence-corrected chi connectivity index (χ1v) is 9.03. The van der Waals surface area contributed by atoms with Gasteiger partial charge in [0.15, 0.2) is 0 Å². The molecule has 5 nitrogen and oxygen atoms in total. The number of halogens is 1. The zero-order valence-corrected chi connectivity index (χ0v) is 15.8. The van der Waals surface area contributed by atoms with Crippen molar-refractivity contribution < 1.29 is 23.8 Å². The molecule has 0 aromatic heterocycles. The number of nitrogens with one attached hydrogen (secondary N) is 1. The Morgan fingerprint density at radius 3 is 2.65 bits per heavy atom. The first-order valence-electron chi connectivity index (χ1n) is 9.03. The van der Waals surface area contributed by atoms with E-state index in [1.807, 2.05) is 19.9 Å². The van der Waals surface area contributed by atoms with Crippen molar-refractivity contribution in [2.45, 2.75) is 58.6 Å². The fourth-order valence-corrected chi connectivity index (χ4v) is 3.78. The van der Waals surface area contributed by atoms with Gasteiger partial charge in [0, 0.05) is 24.9 Å². The highest BCUT2D eigenvalue weighted by molar-refractivity contribution is 5.89. The number of amides is 1. The van der Waals surface area contributed by atoms with Gasteiger partial charge in [-0.05, 0) is 37.0 Å². The molecule has 1 aliphatic rings. The normalized spacial score (nSPS) is 25.2. The molecule has 1 saturated carbocycles. The van der Waals surface area contributed by atoms with Crippen LogP contribution in [0.5, 0.6) is 0 Å². The Morgan fingerprint density at radius 2 is 2.12 bits per heavy atom. The van der Waals surface area contributed by atoms with Gasteiger partial charge in [0.05, 0.1) is 6.10 Å². The van der Waals surface area contributed by atoms with Gasteiger partial charge in [-0.25, -0.2) is 9.18 Å². The number of aliphatic carboxylic acids is 1. The van der Waals surface area contributed by atoms with E-state index in [0.717, 1.165) is 5.56 Å². The van der Waals surface area contributed by atoms with E-state index in [2.05, 4.69) is 5.32 Å². The number of rotatable bonds is 8. The number of carboxylic acids is 1. The van der Waals surface area contributed by atoms with Gasteiger partial charge in [0.25, 0.3) is 0 Å². The van der Waals surface area contributed by atoms with Crippen LogP contribution in [0.3, 0.4) is 0 Å². The number of ether oxygens (including phenoxy) is 1. The average molecular weight is 365 g/mol. The van der Waals surface area contributed by atoms with Crippen molar-refractivity contribution in [1.29, 1.82) is 0 Å². The smallest absolute Gasteiger partial charge is 0.330 e. The lowest BCUT2D eigenvalue weighted by atomic mass is 9.54. The monoisotopic (exact) mass is 365 g/mol. The summed E-state index contributed by atoms with van der Waals surface area (Å²) >= 11 is 0. The molecule has 1 aromatic rings. The number of benzene rings is 1. The van der Waals surface area contributed by atoms with Gasteiger partial charge < -0.3 is 15.2 Å². The maximum Gasteiger partial charge on any atom is 0.330 e. The van der Waals surface area contributed by atoms with E-state index in [1.165, 1.54) is 12.1 Å². The largest absolute Gasteiger partial charge is 0.479 e. The highest BCUT2D eigenvalue weighted by Gasteiger charge is 2.66. The molecule has 1 aliphatic carbocycles. The van der Waals surface area contributed by atoms with E-state index >= 15 is 0 Å². The number of carbonyl (C=O) groups is 2. The molecule has 1 aromatic carbocycles. The molecule has 2 rings (SSSR count). The topological polar surface area (TPSA) is 75.6 Å². The van der Waals surface area contributed by atoms with Gasteiger partial charge in [0.1, 0.15) is 11.4 Å². The van der Waals surface area contributed by atoms with E-state index in [9.17, 15) is 19.1 Å². The van der Waals surface area contributed by atoms with Crippen molar-refractivity contribution in [3.8, 4) is 0 Å². The van der Waals surface area contributed by atoms with Crippen LogP contribution in [0.4, 0.5) is 4.39 Å². The van der Waals surface area contributed by atoms with Crippen molar-refractivity contribution in [3.05, 3.63) is 35.6 Å². The third kappa shape index (κ3) is 3.90. The van der Waals surface area contributed by atoms with Gasteiger partial charge in [-0.3, -0.25) is 4.79 Å². The van der Waals surface area contributed by atoms with Crippen LogP contribution in [0, 0.1) is 17.2 Å². The zero-order chi connectivity index (χ0) is 19.5. The van der Waals surface area contributed by atoms with Crippen molar-refractivity contribution >= 4 is 11.9 Å². The van der Waals surface area contributed by atoms with Crippen LogP contribution in [-0.2, 0) is 20.7 Å². The van der Waals surface area contributed by atoms with Crippen molar-refractivity contribution in [3.63, 3.8) is 0 Å². The van der Waals surface area contributed by atoms with E-state index in [1.54, 1.807) is 19.9 Å². The number of hydrogen-bond donors (Lipinski definition) is 2. The van der Waals surface area contributed by atoms with Crippen LogP contribution in [0.2, 0.25) is 0 Å². The number of carboxylic acid groups (broad SMARTS) is 1. The van der Waals surface area contributed by atoms with Crippen molar-refractivity contribution in [1.82, 2.24) is 5.32 Å². The first kappa shape index (κ1) is 20.4. The van der Waals surface area contributed by atoms with E-state index in [4.69, 9.17) is 4.74 Å². The van der Waals surface area contributed by atoms with Gasteiger partial charge >= 0.3 is 5.97 Å². The lowest BCUT2D eigenvalue weighted by Gasteiger charge is -2.58. The van der Waals surface area contributed by atoms with Crippen molar-refractivity contribution in [2.75, 3.05) is 6.61 Å². The molecule has 3 unspecified atom stereocenters. The summed E-state index contributed by atoms with van der Waals surface area (Å²) in [5.74, 6) is -1.68. The number of hydrogen-bond acceptors (Lipinski definition) is 3. The molecular weight excluding hydrogens is 337 g/mol. The van der Waals surface area contributed by atoms with E-state index in [-0.39, 0.29) is 36.6 Å². The van der Waals surface area contributed by atoms with E-state index in [0.29, 0.717) is 13.0 Å². The van der Waals surface area contributed by atoms with Crippen LogP contribution in [-0.4, -0.2) is 35.2 Å². The Balaban J connectivity index is 1.99. The molecule has 2 N–H and O–H groups in total. The minimum Gasteiger partial charge on any atom is -0.479 e. The van der Waals surface area contributed by atoms with Crippen LogP contribution in [0.25, 0.3) is 0 Å². The molecule has 3 atom stereocenters. The molecule has 0 radical (unpaired) electrons. The quantitative estimate of drug-likeness (QED) is 0.742. The Hall–Kier alpha value is -1.95. The number of carbonyl (C=O) groups excluding carboxylic acids is 1. The second-order valence-corrected chi connectivity index (χ2v) is 7.77. The van der Waals surface area contributed by atoms with Crippen LogP contribution >= 0.6 is 0 Å². The van der Waals surface area contributed by atoms with Crippen LogP contribution in [0.1, 0.15) is 46.1 Å². The lowest BCUT2D eigenvalue weighted by Crippen LogP contribution is -2.76. The molecule has 0 spiro atoms. The minimum absolute atomic E-state index is 0.0338. The van der Waals surface area contributed by atoms with Gasteiger partial charge in [0.2, 0.25) is 5.91 Å². The first-order chi connectivity index (χ1) is 12.1. The predicted octanol–water partition coefficient (Wildman–Crippen LogP) is 3.17. The second kappa shape index (κ2) is 7.74. The third-order valence-corrected chi connectivity index (χ3v) is 5.49. The lowest BCUT2D eigenvalue weighted by molar-refractivity contribution is -0.194. The summed E-state index contributed by atoms with van der Waals surface area (Å²) in [5.41, 5.74) is -1.20. The Kier molecular flexibility index (Phi) is 6.06. The second-order valence-electron chi connectivity index (χ2n) is 7.77. The molecule has 1 amide bonds. The summed E-state index contributed by atoms with van der Waals surface area (Å²) < 4.78 is 18.9. The fraction of sp³-hybridized carbons (Fsp3) is 0.600. The summed E-state index contributed by atoms with van der Waals surface area (Å²) in [6.07, 6.45) is 0.790. The molecule has 0 saturated heterocycles. The van der Waals surface area contributed by atoms with E-state index < -0.39 is 16.9 Å². The molecule has 0 bridgehead atoms. The fourth-order valence-electron chi connectivity index (χ4n) is 3.78. The molecule has 144 valence electrons. The molecule has 0 aliphatic heterocycles. The summed E-state index contributed by atoms with van der Waals surface area (Å²) in [6.45, 7) is 7.88. The molecular formula is C20H28FNO4. The van der Waals surface area contributed by atoms with Gasteiger partial charge in [-0.15, -0.1) is 0 Å². The Labute approximate surface area is 153 Å².